The molecule has 3 nitrogen and oxygen atoms in total. The van der Waals surface area contributed by atoms with Crippen LogP contribution in [-0.2, 0) is 10.8 Å². The van der Waals surface area contributed by atoms with Crippen LogP contribution in [0.15, 0.2) is 188 Å². The minimum atomic E-state index is -0.139. The fraction of sp³-hybridized carbons (Fsp3) is 0.102. The Morgan fingerprint density at radius 1 is 0.274 bits per heavy atom. The van der Waals surface area contributed by atoms with E-state index in [1.54, 1.807) is 0 Å². The van der Waals surface area contributed by atoms with Crippen molar-refractivity contribution in [2.75, 3.05) is 0 Å². The molecule has 0 aliphatic heterocycles. The van der Waals surface area contributed by atoms with Crippen molar-refractivity contribution in [2.24, 2.45) is 0 Å². The molecule has 0 spiro atoms. The minimum absolute atomic E-state index is 0.103. The first kappa shape index (κ1) is 36.4. The highest BCUT2D eigenvalue weighted by molar-refractivity contribution is 6.21. The van der Waals surface area contributed by atoms with E-state index in [1.807, 2.05) is 36.4 Å². The van der Waals surface area contributed by atoms with E-state index in [-0.39, 0.29) is 10.8 Å². The third-order valence-electron chi connectivity index (χ3n) is 13.7. The molecular weight excluding hydrogens is 751 g/mol. The zero-order valence-electron chi connectivity index (χ0n) is 35.2. The first-order valence-electron chi connectivity index (χ1n) is 21.6. The fourth-order valence-electron chi connectivity index (χ4n) is 10.6. The van der Waals surface area contributed by atoms with Crippen molar-refractivity contribution in [3.63, 3.8) is 0 Å². The topological polar surface area (TPSA) is 38.7 Å². The number of aromatic nitrogens is 3. The zero-order valence-corrected chi connectivity index (χ0v) is 35.2. The Labute approximate surface area is 362 Å². The Bertz CT molecular complexity index is 3400. The standard InChI is InChI=1S/C59H43N3/c1-58(2)49-25-15-13-21-41(49)43-30-27-39(34-51(43)58)38-28-32-47-48(33-38)53(40-29-31-44-42-22-14-16-26-50(42)59(3,4)52(44)35-40)45-23-11-12-24-46(45)54(47)57-61-55(36-17-7-5-8-18-36)60-56(62-57)37-19-9-6-10-20-37/h5-35H,1-4H3. The van der Waals surface area contributed by atoms with Gasteiger partial charge in [-0.2, -0.15) is 0 Å². The summed E-state index contributed by atoms with van der Waals surface area (Å²) in [4.78, 5) is 15.7. The van der Waals surface area contributed by atoms with E-state index in [0.29, 0.717) is 17.5 Å². The van der Waals surface area contributed by atoms with Gasteiger partial charge < -0.3 is 0 Å². The number of nitrogens with zero attached hydrogens (tertiary/aromatic N) is 3. The van der Waals surface area contributed by atoms with Gasteiger partial charge in [-0.3, -0.25) is 0 Å². The van der Waals surface area contributed by atoms with Crippen LogP contribution in [-0.4, -0.2) is 15.0 Å². The first-order valence-corrected chi connectivity index (χ1v) is 21.6. The number of rotatable bonds is 5. The quantitative estimate of drug-likeness (QED) is 0.163. The SMILES string of the molecule is CC1(C)c2ccccc2-c2ccc(-c3ccc4c(-c5nc(-c6ccccc6)nc(-c6ccccc6)n5)c5ccccc5c(-c5ccc6c(c5)C(C)(C)c5ccccc5-6)c4c3)cc21. The lowest BCUT2D eigenvalue weighted by molar-refractivity contribution is 0.660. The van der Waals surface area contributed by atoms with Crippen LogP contribution < -0.4 is 0 Å². The minimum Gasteiger partial charge on any atom is -0.208 e. The van der Waals surface area contributed by atoms with E-state index < -0.39 is 0 Å². The summed E-state index contributed by atoms with van der Waals surface area (Å²) in [5.74, 6) is 1.95. The fourth-order valence-corrected chi connectivity index (χ4v) is 10.6. The summed E-state index contributed by atoms with van der Waals surface area (Å²) >= 11 is 0. The average Bonchev–Trinajstić information content (AvgIpc) is 3.69. The van der Waals surface area contributed by atoms with Crippen molar-refractivity contribution in [2.45, 2.75) is 38.5 Å². The second-order valence-electron chi connectivity index (χ2n) is 18.0. The van der Waals surface area contributed by atoms with Gasteiger partial charge in [-0.25, -0.2) is 15.0 Å². The predicted molar refractivity (Wildman–Crippen MR) is 257 cm³/mol. The summed E-state index contributed by atoms with van der Waals surface area (Å²) in [5.41, 5.74) is 18.2. The summed E-state index contributed by atoms with van der Waals surface area (Å²) in [6.07, 6.45) is 0. The third kappa shape index (κ3) is 5.41. The summed E-state index contributed by atoms with van der Waals surface area (Å²) in [5, 5.41) is 4.53. The van der Waals surface area contributed by atoms with Crippen molar-refractivity contribution in [3.05, 3.63) is 210 Å². The van der Waals surface area contributed by atoms with Gasteiger partial charge in [0.25, 0.3) is 0 Å². The second-order valence-corrected chi connectivity index (χ2v) is 18.0. The number of benzene rings is 9. The molecule has 0 amide bonds. The molecule has 2 aliphatic rings. The van der Waals surface area contributed by atoms with Gasteiger partial charge in [-0.05, 0) is 107 Å². The van der Waals surface area contributed by atoms with Gasteiger partial charge >= 0.3 is 0 Å². The lowest BCUT2D eigenvalue weighted by Gasteiger charge is -2.23. The molecule has 1 heterocycles. The van der Waals surface area contributed by atoms with E-state index in [4.69, 9.17) is 15.0 Å². The third-order valence-corrected chi connectivity index (χ3v) is 13.7. The molecule has 12 rings (SSSR count). The Balaban J connectivity index is 1.15. The van der Waals surface area contributed by atoms with Crippen LogP contribution in [0.2, 0.25) is 0 Å². The molecule has 0 fully saturated rings. The average molecular weight is 794 g/mol. The van der Waals surface area contributed by atoms with Crippen molar-refractivity contribution >= 4 is 21.5 Å². The Morgan fingerprint density at radius 3 is 1.26 bits per heavy atom. The van der Waals surface area contributed by atoms with Gasteiger partial charge in [0.15, 0.2) is 17.5 Å². The molecule has 0 atom stereocenters. The van der Waals surface area contributed by atoms with Crippen LogP contribution >= 0.6 is 0 Å². The molecule has 0 radical (unpaired) electrons. The maximum atomic E-state index is 5.32. The molecule has 0 N–H and O–H groups in total. The van der Waals surface area contributed by atoms with Gasteiger partial charge in [0.2, 0.25) is 0 Å². The van der Waals surface area contributed by atoms with Crippen LogP contribution in [0.4, 0.5) is 0 Å². The summed E-state index contributed by atoms with van der Waals surface area (Å²) in [6, 6.07) is 68.3. The maximum absolute atomic E-state index is 5.32. The monoisotopic (exact) mass is 793 g/mol. The van der Waals surface area contributed by atoms with Crippen LogP contribution in [0.5, 0.6) is 0 Å². The first-order chi connectivity index (χ1) is 30.3. The molecule has 294 valence electrons. The maximum Gasteiger partial charge on any atom is 0.165 e. The van der Waals surface area contributed by atoms with E-state index >= 15 is 0 Å². The van der Waals surface area contributed by atoms with Crippen molar-refractivity contribution in [1.82, 2.24) is 15.0 Å². The molecule has 0 bridgehead atoms. The molecule has 0 saturated heterocycles. The van der Waals surface area contributed by atoms with Crippen LogP contribution in [0, 0.1) is 0 Å². The molecular formula is C59H43N3. The normalized spacial score (nSPS) is 14.1. The molecule has 62 heavy (non-hydrogen) atoms. The molecule has 3 heteroatoms. The van der Waals surface area contributed by atoms with Crippen LogP contribution in [0.25, 0.3) is 100 Å². The van der Waals surface area contributed by atoms with E-state index in [2.05, 4.69) is 179 Å². The van der Waals surface area contributed by atoms with Crippen LogP contribution in [0.1, 0.15) is 49.9 Å². The predicted octanol–water partition coefficient (Wildman–Crippen LogP) is 15.1. The van der Waals surface area contributed by atoms with Gasteiger partial charge in [-0.15, -0.1) is 0 Å². The Morgan fingerprint density at radius 2 is 0.677 bits per heavy atom. The van der Waals surface area contributed by atoms with Crippen molar-refractivity contribution in [3.8, 4) is 78.7 Å². The summed E-state index contributed by atoms with van der Waals surface area (Å²) in [7, 11) is 0. The van der Waals surface area contributed by atoms with Crippen LogP contribution in [0.3, 0.4) is 0 Å². The highest BCUT2D eigenvalue weighted by Crippen LogP contribution is 2.53. The molecule has 0 saturated carbocycles. The van der Waals surface area contributed by atoms with Gasteiger partial charge in [0.05, 0.1) is 0 Å². The van der Waals surface area contributed by atoms with Gasteiger partial charge in [0, 0.05) is 27.5 Å². The smallest absolute Gasteiger partial charge is 0.165 e. The summed E-state index contributed by atoms with van der Waals surface area (Å²) in [6.45, 7) is 9.44. The molecule has 10 aromatic rings. The Kier molecular flexibility index (Phi) is 7.92. The van der Waals surface area contributed by atoms with Crippen molar-refractivity contribution in [1.29, 1.82) is 0 Å². The van der Waals surface area contributed by atoms with Gasteiger partial charge in [-0.1, -0.05) is 198 Å². The summed E-state index contributed by atoms with van der Waals surface area (Å²) < 4.78 is 0. The second kappa shape index (κ2) is 13.5. The largest absolute Gasteiger partial charge is 0.208 e. The van der Waals surface area contributed by atoms with E-state index in [9.17, 15) is 0 Å². The van der Waals surface area contributed by atoms with E-state index in [1.165, 1.54) is 66.8 Å². The molecule has 0 unspecified atom stereocenters. The lowest BCUT2D eigenvalue weighted by Crippen LogP contribution is -2.15. The Hall–Kier alpha value is -7.49. The molecule has 1 aromatic heterocycles. The lowest BCUT2D eigenvalue weighted by atomic mass is 9.80. The number of fused-ring (bicyclic) bond motifs is 8. The highest BCUT2D eigenvalue weighted by atomic mass is 15.0. The zero-order chi connectivity index (χ0) is 41.7. The number of hydrogen-bond acceptors (Lipinski definition) is 3. The number of hydrogen-bond donors (Lipinski definition) is 0. The molecule has 2 aliphatic carbocycles. The van der Waals surface area contributed by atoms with Gasteiger partial charge in [0.1, 0.15) is 0 Å². The molecule has 9 aromatic carbocycles. The highest BCUT2D eigenvalue weighted by Gasteiger charge is 2.37. The van der Waals surface area contributed by atoms with E-state index in [0.717, 1.165) is 38.2 Å². The van der Waals surface area contributed by atoms with Crippen molar-refractivity contribution < 1.29 is 0 Å².